The summed E-state index contributed by atoms with van der Waals surface area (Å²) in [7, 11) is 3.15. The Morgan fingerprint density at radius 2 is 1.75 bits per heavy atom. The molecule has 0 radical (unpaired) electrons. The quantitative estimate of drug-likeness (QED) is 0.649. The molecule has 0 saturated carbocycles. The average molecular weight is 327 g/mol. The SMILES string of the molecule is COc1ccc(OC)c(C=CC(=O)Nc2cc(C)c(O)c(C)c2)c1. The van der Waals surface area contributed by atoms with Gasteiger partial charge in [0.25, 0.3) is 0 Å². The van der Waals surface area contributed by atoms with Gasteiger partial charge in [0.1, 0.15) is 17.2 Å². The molecule has 0 aliphatic carbocycles. The molecule has 24 heavy (non-hydrogen) atoms. The molecule has 2 aromatic carbocycles. The zero-order valence-corrected chi connectivity index (χ0v) is 14.2. The van der Waals surface area contributed by atoms with Crippen LogP contribution in [0.3, 0.4) is 0 Å². The van der Waals surface area contributed by atoms with Gasteiger partial charge in [-0.15, -0.1) is 0 Å². The van der Waals surface area contributed by atoms with E-state index in [2.05, 4.69) is 5.32 Å². The van der Waals surface area contributed by atoms with Gasteiger partial charge in [0.05, 0.1) is 14.2 Å². The van der Waals surface area contributed by atoms with Crippen molar-refractivity contribution in [3.8, 4) is 17.2 Å². The van der Waals surface area contributed by atoms with E-state index in [0.29, 0.717) is 28.3 Å². The average Bonchev–Trinajstić information content (AvgIpc) is 2.57. The Hall–Kier alpha value is -2.95. The van der Waals surface area contributed by atoms with Crippen LogP contribution in [0, 0.1) is 13.8 Å². The van der Waals surface area contributed by atoms with Gasteiger partial charge in [0.2, 0.25) is 5.91 Å². The normalized spacial score (nSPS) is 10.7. The Morgan fingerprint density at radius 1 is 1.08 bits per heavy atom. The Labute approximate surface area is 141 Å². The first kappa shape index (κ1) is 17.4. The molecule has 2 N–H and O–H groups in total. The molecule has 0 bridgehead atoms. The summed E-state index contributed by atoms with van der Waals surface area (Å²) in [6, 6.07) is 8.80. The molecule has 0 fully saturated rings. The molecule has 2 rings (SSSR count). The maximum Gasteiger partial charge on any atom is 0.248 e. The lowest BCUT2D eigenvalue weighted by molar-refractivity contribution is -0.111. The highest BCUT2D eigenvalue weighted by molar-refractivity contribution is 6.02. The number of benzene rings is 2. The number of hydrogen-bond donors (Lipinski definition) is 2. The minimum absolute atomic E-state index is 0.240. The first-order valence-electron chi connectivity index (χ1n) is 7.46. The summed E-state index contributed by atoms with van der Waals surface area (Å²) in [5.41, 5.74) is 2.80. The molecule has 0 spiro atoms. The number of hydrogen-bond acceptors (Lipinski definition) is 4. The molecule has 0 saturated heterocycles. The summed E-state index contributed by atoms with van der Waals surface area (Å²) in [5, 5.41) is 12.5. The largest absolute Gasteiger partial charge is 0.507 e. The number of phenolic OH excluding ortho intramolecular Hbond substituents is 1. The molecule has 5 heteroatoms. The number of methoxy groups -OCH3 is 2. The number of aryl methyl sites for hydroxylation is 2. The number of rotatable bonds is 5. The number of phenols is 1. The lowest BCUT2D eigenvalue weighted by Crippen LogP contribution is -2.08. The summed E-state index contributed by atoms with van der Waals surface area (Å²) in [4.78, 5) is 12.1. The molecule has 0 heterocycles. The van der Waals surface area contributed by atoms with Gasteiger partial charge in [0, 0.05) is 17.3 Å². The van der Waals surface area contributed by atoms with E-state index in [1.54, 1.807) is 64.5 Å². The number of carbonyl (C=O) groups excluding carboxylic acids is 1. The van der Waals surface area contributed by atoms with E-state index >= 15 is 0 Å². The van der Waals surface area contributed by atoms with E-state index in [0.717, 1.165) is 5.56 Å². The topological polar surface area (TPSA) is 67.8 Å². The molecule has 0 atom stereocenters. The van der Waals surface area contributed by atoms with E-state index in [1.165, 1.54) is 6.08 Å². The number of aromatic hydroxyl groups is 1. The highest BCUT2D eigenvalue weighted by atomic mass is 16.5. The second-order valence-corrected chi connectivity index (χ2v) is 5.39. The number of nitrogens with one attached hydrogen (secondary N) is 1. The molecular weight excluding hydrogens is 306 g/mol. The third-order valence-electron chi connectivity index (χ3n) is 3.61. The minimum Gasteiger partial charge on any atom is -0.507 e. The van der Waals surface area contributed by atoms with Gasteiger partial charge in [-0.1, -0.05) is 0 Å². The minimum atomic E-state index is -0.274. The second kappa shape index (κ2) is 7.55. The lowest BCUT2D eigenvalue weighted by Gasteiger charge is -2.09. The lowest BCUT2D eigenvalue weighted by atomic mass is 10.1. The van der Waals surface area contributed by atoms with Crippen molar-refractivity contribution in [3.63, 3.8) is 0 Å². The van der Waals surface area contributed by atoms with Crippen LogP contribution >= 0.6 is 0 Å². The van der Waals surface area contributed by atoms with Gasteiger partial charge >= 0.3 is 0 Å². The standard InChI is InChI=1S/C19H21NO4/c1-12-9-15(10-13(2)19(12)22)20-18(21)8-5-14-11-16(23-3)6-7-17(14)24-4/h5-11,22H,1-4H3,(H,20,21). The van der Waals surface area contributed by atoms with Gasteiger partial charge in [-0.2, -0.15) is 0 Å². The van der Waals surface area contributed by atoms with Crippen molar-refractivity contribution in [2.45, 2.75) is 13.8 Å². The first-order valence-corrected chi connectivity index (χ1v) is 7.46. The smallest absolute Gasteiger partial charge is 0.248 e. The highest BCUT2D eigenvalue weighted by Crippen LogP contribution is 2.26. The van der Waals surface area contributed by atoms with Gasteiger partial charge in [-0.3, -0.25) is 4.79 Å². The van der Waals surface area contributed by atoms with Crippen molar-refractivity contribution < 1.29 is 19.4 Å². The number of amides is 1. The summed E-state index contributed by atoms with van der Waals surface area (Å²) in [6.07, 6.45) is 3.09. The van der Waals surface area contributed by atoms with Crippen LogP contribution in [0.5, 0.6) is 17.2 Å². The van der Waals surface area contributed by atoms with Gasteiger partial charge in [-0.05, 0) is 61.4 Å². The van der Waals surface area contributed by atoms with E-state index in [9.17, 15) is 9.90 Å². The fourth-order valence-corrected chi connectivity index (χ4v) is 2.35. The van der Waals surface area contributed by atoms with Crippen molar-refractivity contribution in [3.05, 3.63) is 53.1 Å². The zero-order chi connectivity index (χ0) is 17.7. The van der Waals surface area contributed by atoms with E-state index in [-0.39, 0.29) is 11.7 Å². The molecule has 2 aromatic rings. The van der Waals surface area contributed by atoms with Crippen molar-refractivity contribution in [2.75, 3.05) is 19.5 Å². The number of carbonyl (C=O) groups is 1. The van der Waals surface area contributed by atoms with Crippen molar-refractivity contribution >= 4 is 17.7 Å². The predicted molar refractivity (Wildman–Crippen MR) is 94.8 cm³/mol. The van der Waals surface area contributed by atoms with Gasteiger partial charge in [0.15, 0.2) is 0 Å². The first-order chi connectivity index (χ1) is 11.4. The fraction of sp³-hybridized carbons (Fsp3) is 0.211. The van der Waals surface area contributed by atoms with Crippen LogP contribution in [0.2, 0.25) is 0 Å². The third-order valence-corrected chi connectivity index (χ3v) is 3.61. The van der Waals surface area contributed by atoms with Crippen LogP contribution in [-0.4, -0.2) is 25.2 Å². The van der Waals surface area contributed by atoms with Crippen LogP contribution in [0.1, 0.15) is 16.7 Å². The van der Waals surface area contributed by atoms with Crippen molar-refractivity contribution in [1.82, 2.24) is 0 Å². The molecule has 126 valence electrons. The molecule has 0 aliphatic heterocycles. The molecule has 0 unspecified atom stereocenters. The van der Waals surface area contributed by atoms with Crippen LogP contribution in [0.25, 0.3) is 6.08 Å². The Balaban J connectivity index is 2.16. The predicted octanol–water partition coefficient (Wildman–Crippen LogP) is 3.68. The fourth-order valence-electron chi connectivity index (χ4n) is 2.35. The summed E-state index contributed by atoms with van der Waals surface area (Å²) in [6.45, 7) is 3.57. The Morgan fingerprint density at radius 3 is 2.33 bits per heavy atom. The van der Waals surface area contributed by atoms with Crippen LogP contribution in [0.4, 0.5) is 5.69 Å². The Bertz CT molecular complexity index is 758. The van der Waals surface area contributed by atoms with Crippen LogP contribution < -0.4 is 14.8 Å². The van der Waals surface area contributed by atoms with E-state index < -0.39 is 0 Å². The second-order valence-electron chi connectivity index (χ2n) is 5.39. The van der Waals surface area contributed by atoms with Crippen LogP contribution in [-0.2, 0) is 4.79 Å². The molecule has 1 amide bonds. The highest BCUT2D eigenvalue weighted by Gasteiger charge is 2.06. The Kier molecular flexibility index (Phi) is 5.47. The van der Waals surface area contributed by atoms with Crippen molar-refractivity contribution in [1.29, 1.82) is 0 Å². The molecule has 0 aromatic heterocycles. The van der Waals surface area contributed by atoms with Gasteiger partial charge in [-0.25, -0.2) is 0 Å². The molecule has 5 nitrogen and oxygen atoms in total. The number of ether oxygens (including phenoxy) is 2. The maximum absolute atomic E-state index is 12.1. The van der Waals surface area contributed by atoms with E-state index in [4.69, 9.17) is 9.47 Å². The molecular formula is C19H21NO4. The third kappa shape index (κ3) is 4.07. The zero-order valence-electron chi connectivity index (χ0n) is 14.2. The number of anilines is 1. The molecule has 0 aliphatic rings. The maximum atomic E-state index is 12.1. The summed E-state index contributed by atoms with van der Waals surface area (Å²) < 4.78 is 10.5. The van der Waals surface area contributed by atoms with E-state index in [1.807, 2.05) is 0 Å². The van der Waals surface area contributed by atoms with Crippen LogP contribution in [0.15, 0.2) is 36.4 Å². The van der Waals surface area contributed by atoms with Crippen molar-refractivity contribution in [2.24, 2.45) is 0 Å². The van der Waals surface area contributed by atoms with Gasteiger partial charge < -0.3 is 19.9 Å². The monoisotopic (exact) mass is 327 g/mol. The summed E-state index contributed by atoms with van der Waals surface area (Å²) in [5.74, 6) is 1.30. The summed E-state index contributed by atoms with van der Waals surface area (Å²) >= 11 is 0.